The predicted octanol–water partition coefficient (Wildman–Crippen LogP) is 10.3. The van der Waals surface area contributed by atoms with Gasteiger partial charge in [-0.1, -0.05) is 148 Å². The minimum Gasteiger partial charge on any atom is -0.0651 e. The van der Waals surface area contributed by atoms with Crippen LogP contribution in [0.1, 0.15) is 37.8 Å². The van der Waals surface area contributed by atoms with E-state index in [4.69, 9.17) is 0 Å². The number of hydrogen-bond donors (Lipinski definition) is 0. The molecular weight excluding hydrogens is 432 g/mol. The summed E-state index contributed by atoms with van der Waals surface area (Å²) in [7, 11) is 0. The molecule has 0 heterocycles. The fourth-order valence-electron chi connectivity index (χ4n) is 5.54. The van der Waals surface area contributed by atoms with Gasteiger partial charge in [-0.15, -0.1) is 0 Å². The topological polar surface area (TPSA) is 0 Å². The van der Waals surface area contributed by atoms with Crippen LogP contribution in [-0.2, 0) is 12.8 Å². The molecule has 0 aliphatic heterocycles. The summed E-state index contributed by atoms with van der Waals surface area (Å²) >= 11 is 0. The van der Waals surface area contributed by atoms with Gasteiger partial charge in [0.2, 0.25) is 0 Å². The van der Waals surface area contributed by atoms with Crippen LogP contribution in [0.3, 0.4) is 0 Å². The molecule has 36 heavy (non-hydrogen) atoms. The Bertz CT molecular complexity index is 1290. The van der Waals surface area contributed by atoms with E-state index in [0.29, 0.717) is 0 Å². The molecule has 0 saturated carbocycles. The maximum atomic E-state index is 2.31. The van der Waals surface area contributed by atoms with Gasteiger partial charge in [-0.05, 0) is 68.5 Å². The largest absolute Gasteiger partial charge is 0.0651 e. The minimum absolute atomic E-state index is 1.06. The Kier molecular flexibility index (Phi) is 7.43. The van der Waals surface area contributed by atoms with Gasteiger partial charge < -0.3 is 0 Å². The third-order valence-corrected chi connectivity index (χ3v) is 6.97. The summed E-state index contributed by atoms with van der Waals surface area (Å²) < 4.78 is 0. The van der Waals surface area contributed by atoms with Crippen molar-refractivity contribution in [2.75, 3.05) is 0 Å². The van der Waals surface area contributed by atoms with Crippen LogP contribution in [0.25, 0.3) is 44.5 Å². The van der Waals surface area contributed by atoms with E-state index in [9.17, 15) is 0 Å². The van der Waals surface area contributed by atoms with Gasteiger partial charge in [-0.25, -0.2) is 0 Å². The number of hydrogen-bond acceptors (Lipinski definition) is 0. The highest BCUT2D eigenvalue weighted by molar-refractivity contribution is 6.04. The third kappa shape index (κ3) is 4.64. The zero-order valence-corrected chi connectivity index (χ0v) is 21.4. The molecule has 0 bridgehead atoms. The Labute approximate surface area is 216 Å². The van der Waals surface area contributed by atoms with Crippen LogP contribution in [-0.4, -0.2) is 0 Å². The molecule has 0 N–H and O–H groups in total. The van der Waals surface area contributed by atoms with Gasteiger partial charge in [0.25, 0.3) is 0 Å². The van der Waals surface area contributed by atoms with E-state index in [1.54, 1.807) is 0 Å². The van der Waals surface area contributed by atoms with Crippen molar-refractivity contribution in [1.82, 2.24) is 0 Å². The molecular formula is C36H34. The third-order valence-electron chi connectivity index (χ3n) is 6.97. The second-order valence-corrected chi connectivity index (χ2v) is 9.42. The number of benzene rings is 5. The summed E-state index contributed by atoms with van der Waals surface area (Å²) in [6.45, 7) is 4.61. The van der Waals surface area contributed by atoms with Gasteiger partial charge >= 0.3 is 0 Å². The first-order chi connectivity index (χ1) is 17.8. The van der Waals surface area contributed by atoms with E-state index >= 15 is 0 Å². The summed E-state index contributed by atoms with van der Waals surface area (Å²) in [4.78, 5) is 0. The molecule has 0 spiro atoms. The Morgan fingerprint density at radius 2 is 0.583 bits per heavy atom. The molecule has 0 atom stereocenters. The quantitative estimate of drug-likeness (QED) is 0.213. The Balaban J connectivity index is 2.05. The van der Waals surface area contributed by atoms with Crippen LogP contribution in [0.15, 0.2) is 121 Å². The minimum atomic E-state index is 1.06. The Morgan fingerprint density at radius 1 is 0.333 bits per heavy atom. The standard InChI is InChI=1S/C36H34/c1-3-17-31-32(18-4-2)34(28-21-11-6-12-22-28)36(30-25-15-8-16-26-30)35(29-23-13-7-14-24-29)33(31)27-19-9-5-10-20-27/h5-16,19-26H,3-4,17-18H2,1-2H3. The fourth-order valence-corrected chi connectivity index (χ4v) is 5.54. The molecule has 5 aromatic carbocycles. The predicted molar refractivity (Wildman–Crippen MR) is 156 cm³/mol. The average Bonchev–Trinajstić information content (AvgIpc) is 2.95. The molecule has 0 unspecified atom stereocenters. The van der Waals surface area contributed by atoms with Crippen LogP contribution in [0, 0.1) is 0 Å². The maximum absolute atomic E-state index is 2.31. The summed E-state index contributed by atoms with van der Waals surface area (Å²) in [5.74, 6) is 0. The van der Waals surface area contributed by atoms with Crippen molar-refractivity contribution in [3.05, 3.63) is 132 Å². The first-order valence-electron chi connectivity index (χ1n) is 13.3. The number of rotatable bonds is 8. The lowest BCUT2D eigenvalue weighted by atomic mass is 9.75. The van der Waals surface area contributed by atoms with Crippen molar-refractivity contribution < 1.29 is 0 Å². The lowest BCUT2D eigenvalue weighted by Crippen LogP contribution is -2.06. The zero-order valence-electron chi connectivity index (χ0n) is 21.4. The molecule has 0 heteroatoms. The average molecular weight is 467 g/mol. The molecule has 178 valence electrons. The van der Waals surface area contributed by atoms with E-state index in [2.05, 4.69) is 135 Å². The van der Waals surface area contributed by atoms with Crippen LogP contribution >= 0.6 is 0 Å². The SMILES string of the molecule is CCCc1c(CCC)c(-c2ccccc2)c(-c2ccccc2)c(-c2ccccc2)c1-c1ccccc1. The van der Waals surface area contributed by atoms with Gasteiger partial charge in [-0.2, -0.15) is 0 Å². The first kappa shape index (κ1) is 23.8. The van der Waals surface area contributed by atoms with Crippen molar-refractivity contribution in [2.24, 2.45) is 0 Å². The van der Waals surface area contributed by atoms with Gasteiger partial charge in [0.05, 0.1) is 0 Å². The van der Waals surface area contributed by atoms with Gasteiger partial charge in [0.1, 0.15) is 0 Å². The van der Waals surface area contributed by atoms with Crippen molar-refractivity contribution in [2.45, 2.75) is 39.5 Å². The maximum Gasteiger partial charge on any atom is -0.00176 e. The van der Waals surface area contributed by atoms with E-state index in [1.807, 2.05) is 0 Å². The second kappa shape index (κ2) is 11.2. The van der Waals surface area contributed by atoms with Crippen molar-refractivity contribution >= 4 is 0 Å². The highest BCUT2D eigenvalue weighted by atomic mass is 14.3. The Hall–Kier alpha value is -3.90. The van der Waals surface area contributed by atoms with Crippen molar-refractivity contribution in [3.63, 3.8) is 0 Å². The van der Waals surface area contributed by atoms with Crippen molar-refractivity contribution in [1.29, 1.82) is 0 Å². The molecule has 0 saturated heterocycles. The van der Waals surface area contributed by atoms with Gasteiger partial charge in [0, 0.05) is 0 Å². The van der Waals surface area contributed by atoms with E-state index in [-0.39, 0.29) is 0 Å². The van der Waals surface area contributed by atoms with Gasteiger partial charge in [0.15, 0.2) is 0 Å². The van der Waals surface area contributed by atoms with E-state index in [1.165, 1.54) is 55.6 Å². The molecule has 0 amide bonds. The highest BCUT2D eigenvalue weighted by Crippen LogP contribution is 2.50. The second-order valence-electron chi connectivity index (χ2n) is 9.42. The molecule has 5 aromatic rings. The molecule has 5 rings (SSSR count). The smallest absolute Gasteiger partial charge is 0.00176 e. The van der Waals surface area contributed by atoms with Crippen LogP contribution in [0.5, 0.6) is 0 Å². The Morgan fingerprint density at radius 3 is 0.833 bits per heavy atom. The normalized spacial score (nSPS) is 10.9. The summed E-state index contributed by atoms with van der Waals surface area (Å²) in [5, 5.41) is 0. The monoisotopic (exact) mass is 466 g/mol. The lowest BCUT2D eigenvalue weighted by molar-refractivity contribution is 0.865. The van der Waals surface area contributed by atoms with Gasteiger partial charge in [-0.3, -0.25) is 0 Å². The van der Waals surface area contributed by atoms with E-state index < -0.39 is 0 Å². The lowest BCUT2D eigenvalue weighted by Gasteiger charge is -2.28. The molecule has 0 aliphatic rings. The summed E-state index contributed by atoms with van der Waals surface area (Å²) in [6.07, 6.45) is 4.36. The molecule has 0 fully saturated rings. The zero-order chi connectivity index (χ0) is 24.7. The molecule has 0 aliphatic carbocycles. The van der Waals surface area contributed by atoms with Crippen LogP contribution in [0.4, 0.5) is 0 Å². The van der Waals surface area contributed by atoms with Crippen LogP contribution < -0.4 is 0 Å². The highest BCUT2D eigenvalue weighted by Gasteiger charge is 2.26. The first-order valence-corrected chi connectivity index (χ1v) is 13.3. The van der Waals surface area contributed by atoms with Crippen LogP contribution in [0.2, 0.25) is 0 Å². The molecule has 0 radical (unpaired) electrons. The van der Waals surface area contributed by atoms with E-state index in [0.717, 1.165) is 25.7 Å². The summed E-state index contributed by atoms with van der Waals surface area (Å²) in [5.41, 5.74) is 13.6. The molecule has 0 nitrogen and oxygen atoms in total. The fraction of sp³-hybridized carbons (Fsp3) is 0.167. The summed E-state index contributed by atoms with van der Waals surface area (Å²) in [6, 6.07) is 44.1. The van der Waals surface area contributed by atoms with Crippen molar-refractivity contribution in [3.8, 4) is 44.5 Å². The molecule has 0 aromatic heterocycles.